The summed E-state index contributed by atoms with van der Waals surface area (Å²) in [7, 11) is 0. The molecule has 0 atom stereocenters. The van der Waals surface area contributed by atoms with E-state index in [9.17, 15) is 9.18 Å². The highest BCUT2D eigenvalue weighted by molar-refractivity contribution is 8.01. The van der Waals surface area contributed by atoms with Gasteiger partial charge in [0.2, 0.25) is 0 Å². The van der Waals surface area contributed by atoms with E-state index in [-0.39, 0.29) is 22.0 Å². The van der Waals surface area contributed by atoms with Crippen molar-refractivity contribution in [2.24, 2.45) is 10.9 Å². The molecule has 0 spiro atoms. The largest absolute Gasteiger partial charge is 0.401 e. The Morgan fingerprint density at radius 1 is 1.45 bits per heavy atom. The molecule has 1 aromatic rings. The number of hydrogen-bond donors (Lipinski definition) is 3. The van der Waals surface area contributed by atoms with Crippen LogP contribution in [-0.4, -0.2) is 5.91 Å². The Bertz CT molecular complexity index is 470. The fourth-order valence-corrected chi connectivity index (χ4v) is 1.87. The Kier molecular flexibility index (Phi) is 9.03. The number of nitrogens with one attached hydrogen (secondary N) is 1. The van der Waals surface area contributed by atoms with E-state index in [1.54, 1.807) is 13.0 Å². The van der Waals surface area contributed by atoms with Crippen molar-refractivity contribution in [2.75, 3.05) is 0 Å². The predicted molar refractivity (Wildman–Crippen MR) is 83.3 cm³/mol. The van der Waals surface area contributed by atoms with Gasteiger partial charge in [0, 0.05) is 22.8 Å². The summed E-state index contributed by atoms with van der Waals surface area (Å²) in [5.41, 5.74) is 6.03. The maximum atomic E-state index is 13.4. The van der Waals surface area contributed by atoms with Gasteiger partial charge in [0.15, 0.2) is 0 Å². The molecule has 1 rings (SSSR count). The Balaban J connectivity index is 0.00000172. The zero-order chi connectivity index (χ0) is 15.7. The van der Waals surface area contributed by atoms with E-state index in [4.69, 9.17) is 22.5 Å². The van der Waals surface area contributed by atoms with Gasteiger partial charge < -0.3 is 11.1 Å². The van der Waals surface area contributed by atoms with Crippen LogP contribution < -0.4 is 16.2 Å². The lowest BCUT2D eigenvalue weighted by molar-refractivity contribution is -0.117. The molecule has 112 valence electrons. The third-order valence-electron chi connectivity index (χ3n) is 2.17. The van der Waals surface area contributed by atoms with Gasteiger partial charge in [0.1, 0.15) is 10.7 Å². The van der Waals surface area contributed by atoms with Gasteiger partial charge in [-0.05, 0) is 31.0 Å². The van der Waals surface area contributed by atoms with Crippen molar-refractivity contribution in [3.05, 3.63) is 45.2 Å². The van der Waals surface area contributed by atoms with Crippen LogP contribution in [0.1, 0.15) is 26.3 Å². The van der Waals surface area contributed by atoms with E-state index in [1.807, 2.05) is 13.8 Å². The van der Waals surface area contributed by atoms with Gasteiger partial charge in [0.05, 0.1) is 0 Å². The average Bonchev–Trinajstić information content (AvgIpc) is 2.40. The fourth-order valence-electron chi connectivity index (χ4n) is 1.28. The number of amides is 1. The molecule has 0 aliphatic heterocycles. The first-order valence-electron chi connectivity index (χ1n) is 6.01. The third kappa shape index (κ3) is 5.40. The second-order valence-corrected chi connectivity index (χ2v) is 4.56. The summed E-state index contributed by atoms with van der Waals surface area (Å²) in [4.78, 5) is 11.9. The van der Waals surface area contributed by atoms with Crippen molar-refractivity contribution in [3.8, 4) is 0 Å². The number of hydrogen-bond acceptors (Lipinski definition) is 4. The first-order chi connectivity index (χ1) is 9.47. The van der Waals surface area contributed by atoms with E-state index in [0.717, 1.165) is 11.9 Å². The second kappa shape index (κ2) is 9.63. The average molecular weight is 320 g/mol. The molecule has 0 saturated heterocycles. The topological polar surface area (TPSA) is 81.1 Å². The molecule has 0 unspecified atom stereocenters. The number of halogens is 2. The monoisotopic (exact) mass is 319 g/mol. The molecule has 0 fully saturated rings. The van der Waals surface area contributed by atoms with Crippen molar-refractivity contribution in [2.45, 2.75) is 27.3 Å². The summed E-state index contributed by atoms with van der Waals surface area (Å²) in [6.45, 7) is 5.53. The summed E-state index contributed by atoms with van der Waals surface area (Å²) in [6, 6.07) is 4.32. The number of rotatable bonds is 4. The van der Waals surface area contributed by atoms with Crippen LogP contribution in [0.5, 0.6) is 0 Å². The van der Waals surface area contributed by atoms with Crippen LogP contribution in [0.15, 0.2) is 28.8 Å². The third-order valence-corrected chi connectivity index (χ3v) is 3.27. The van der Waals surface area contributed by atoms with E-state index >= 15 is 0 Å². The van der Waals surface area contributed by atoms with Crippen molar-refractivity contribution in [3.63, 3.8) is 0 Å². The lowest BCUT2D eigenvalue weighted by atomic mass is 10.2. The minimum atomic E-state index is -0.474. The molecule has 5 N–H and O–H groups in total. The SMILES string of the molecule is C/C(N)=C(/SN)C(=O)NCc1c(F)cccc1Cl.CC. The Hall–Kier alpha value is -1.24. The normalized spacial score (nSPS) is 11.1. The molecule has 7 heteroatoms. The molecule has 20 heavy (non-hydrogen) atoms. The van der Waals surface area contributed by atoms with Crippen LogP contribution in [0, 0.1) is 5.82 Å². The number of allylic oxidation sites excluding steroid dienone is 1. The van der Waals surface area contributed by atoms with Crippen LogP contribution in [0.3, 0.4) is 0 Å². The standard InChI is InChI=1S/C11H13ClFN3OS.C2H6/c1-6(14)10(18-15)11(17)16-5-7-8(12)3-2-4-9(7)13;1-2/h2-4H,5,14-15H2,1H3,(H,16,17);1-2H3/b10-6-;. The molecule has 0 radical (unpaired) electrons. The van der Waals surface area contributed by atoms with Crippen molar-refractivity contribution in [1.29, 1.82) is 0 Å². The van der Waals surface area contributed by atoms with Crippen LogP contribution in [0.4, 0.5) is 4.39 Å². The summed E-state index contributed by atoms with van der Waals surface area (Å²) in [5, 5.41) is 8.09. The summed E-state index contributed by atoms with van der Waals surface area (Å²) in [6.07, 6.45) is 0. The zero-order valence-corrected chi connectivity index (χ0v) is 13.2. The number of benzene rings is 1. The highest BCUT2D eigenvalue weighted by Gasteiger charge is 2.13. The molecule has 1 amide bonds. The van der Waals surface area contributed by atoms with Gasteiger partial charge in [-0.2, -0.15) is 0 Å². The first kappa shape index (κ1) is 18.8. The van der Waals surface area contributed by atoms with Crippen LogP contribution in [0.25, 0.3) is 0 Å². The van der Waals surface area contributed by atoms with Crippen LogP contribution in [-0.2, 0) is 11.3 Å². The van der Waals surface area contributed by atoms with E-state index in [1.165, 1.54) is 12.1 Å². The smallest absolute Gasteiger partial charge is 0.261 e. The summed E-state index contributed by atoms with van der Waals surface area (Å²) in [5.74, 6) is -0.931. The molecular formula is C13H19ClFN3OS. The van der Waals surface area contributed by atoms with Gasteiger partial charge in [-0.3, -0.25) is 9.93 Å². The summed E-state index contributed by atoms with van der Waals surface area (Å²) >= 11 is 6.58. The van der Waals surface area contributed by atoms with Gasteiger partial charge in [-0.1, -0.05) is 31.5 Å². The Morgan fingerprint density at radius 3 is 2.50 bits per heavy atom. The molecule has 0 aromatic heterocycles. The molecule has 4 nitrogen and oxygen atoms in total. The second-order valence-electron chi connectivity index (χ2n) is 3.51. The van der Waals surface area contributed by atoms with Gasteiger partial charge in [-0.25, -0.2) is 4.39 Å². The van der Waals surface area contributed by atoms with Crippen molar-refractivity contribution >= 4 is 29.5 Å². The quantitative estimate of drug-likeness (QED) is 0.589. The lowest BCUT2D eigenvalue weighted by Crippen LogP contribution is -2.26. The summed E-state index contributed by atoms with van der Waals surface area (Å²) < 4.78 is 13.4. The van der Waals surface area contributed by atoms with Gasteiger partial charge in [0.25, 0.3) is 5.91 Å². The number of carbonyl (C=O) groups is 1. The maximum absolute atomic E-state index is 13.4. The maximum Gasteiger partial charge on any atom is 0.261 e. The Morgan fingerprint density at radius 2 is 2.05 bits per heavy atom. The minimum absolute atomic E-state index is 0.0261. The van der Waals surface area contributed by atoms with Crippen molar-refractivity contribution < 1.29 is 9.18 Å². The molecule has 0 bridgehead atoms. The number of carbonyl (C=O) groups excluding carboxylic acids is 1. The zero-order valence-electron chi connectivity index (χ0n) is 11.7. The highest BCUT2D eigenvalue weighted by Crippen LogP contribution is 2.19. The van der Waals surface area contributed by atoms with E-state index < -0.39 is 11.7 Å². The van der Waals surface area contributed by atoms with E-state index in [0.29, 0.717) is 5.70 Å². The van der Waals surface area contributed by atoms with Gasteiger partial charge >= 0.3 is 0 Å². The molecule has 0 saturated carbocycles. The fraction of sp³-hybridized carbons (Fsp3) is 0.308. The minimum Gasteiger partial charge on any atom is -0.401 e. The first-order valence-corrected chi connectivity index (χ1v) is 7.27. The molecule has 0 heterocycles. The lowest BCUT2D eigenvalue weighted by Gasteiger charge is -2.09. The van der Waals surface area contributed by atoms with Crippen LogP contribution >= 0.6 is 23.5 Å². The van der Waals surface area contributed by atoms with Gasteiger partial charge in [-0.15, -0.1) is 0 Å². The molecular weight excluding hydrogens is 301 g/mol. The van der Waals surface area contributed by atoms with Crippen LogP contribution in [0.2, 0.25) is 5.02 Å². The molecule has 0 aliphatic rings. The molecule has 0 aliphatic carbocycles. The predicted octanol–water partition coefficient (Wildman–Crippen LogP) is 2.92. The van der Waals surface area contributed by atoms with Crippen molar-refractivity contribution in [1.82, 2.24) is 5.32 Å². The highest BCUT2D eigenvalue weighted by atomic mass is 35.5. The van der Waals surface area contributed by atoms with E-state index in [2.05, 4.69) is 5.32 Å². The molecule has 1 aromatic carbocycles. The Labute approximate surface area is 127 Å². The number of nitrogens with two attached hydrogens (primary N) is 2.